The summed E-state index contributed by atoms with van der Waals surface area (Å²) in [5, 5.41) is 15.7. The first-order chi connectivity index (χ1) is 17.5. The Bertz CT molecular complexity index is 1430. The van der Waals surface area contributed by atoms with Crippen LogP contribution in [0.25, 0.3) is 6.08 Å². The maximum atomic E-state index is 12.7. The van der Waals surface area contributed by atoms with Crippen LogP contribution in [0.3, 0.4) is 0 Å². The van der Waals surface area contributed by atoms with Crippen molar-refractivity contribution in [3.05, 3.63) is 101 Å². The molecule has 0 fully saturated rings. The number of aryl methyl sites for hydroxylation is 2. The normalized spacial score (nSPS) is 16.1. The summed E-state index contributed by atoms with van der Waals surface area (Å²) in [5.74, 6) is 1.10. The summed E-state index contributed by atoms with van der Waals surface area (Å²) in [6, 6.07) is 23.1. The summed E-state index contributed by atoms with van der Waals surface area (Å²) in [4.78, 5) is 16.9. The number of carbonyl (C=O) groups excluding carboxylic acids is 1. The van der Waals surface area contributed by atoms with Gasteiger partial charge in [-0.15, -0.1) is 0 Å². The van der Waals surface area contributed by atoms with Gasteiger partial charge in [-0.05, 0) is 66.6 Å². The van der Waals surface area contributed by atoms with Gasteiger partial charge in [-0.2, -0.15) is 15.1 Å². The molecule has 0 saturated carbocycles. The van der Waals surface area contributed by atoms with Gasteiger partial charge >= 0.3 is 0 Å². The van der Waals surface area contributed by atoms with E-state index in [4.69, 9.17) is 14.9 Å². The van der Waals surface area contributed by atoms with Gasteiger partial charge < -0.3 is 9.47 Å². The molecule has 1 N–H and O–H groups in total. The molecular weight excluding hydrogens is 472 g/mol. The second kappa shape index (κ2) is 10.2. The second-order valence-corrected chi connectivity index (χ2v) is 9.23. The molecule has 3 aromatic rings. The Morgan fingerprint density at radius 1 is 0.917 bits per heavy atom. The van der Waals surface area contributed by atoms with E-state index in [-0.39, 0.29) is 11.4 Å². The van der Waals surface area contributed by atoms with Gasteiger partial charge in [0.2, 0.25) is 5.17 Å². The predicted octanol–water partition coefficient (Wildman–Crippen LogP) is 5.43. The lowest BCUT2D eigenvalue weighted by Crippen LogP contribution is -2.35. The summed E-state index contributed by atoms with van der Waals surface area (Å²) in [5.41, 5.74) is 4.07. The topological polar surface area (TPSA) is 87.3 Å². The van der Waals surface area contributed by atoms with Gasteiger partial charge in [0.05, 0.1) is 5.57 Å². The molecule has 0 spiro atoms. The zero-order chi connectivity index (χ0) is 25.1. The zero-order valence-electron chi connectivity index (χ0n) is 19.9. The molecular formula is C28H24N4O3S. The highest BCUT2D eigenvalue weighted by molar-refractivity contribution is 8.27. The number of ether oxygens (including phenoxy) is 2. The van der Waals surface area contributed by atoms with Gasteiger partial charge in [-0.25, -0.2) is 0 Å². The zero-order valence-corrected chi connectivity index (χ0v) is 20.7. The molecule has 0 bridgehead atoms. The van der Waals surface area contributed by atoms with E-state index in [9.17, 15) is 4.79 Å². The number of carbonyl (C=O) groups is 1. The minimum atomic E-state index is -0.450. The molecule has 0 atom stereocenters. The molecule has 2 aliphatic rings. The Hall–Kier alpha value is -4.17. The third kappa shape index (κ3) is 4.94. The standard InChI is InChI=1S/C28H24N4O3S/c1-18-7-3-5-9-22(18)27-31-32-25(29)23(26(33)30-28(32)36-27)17-20-11-13-21(14-12-20)34-15-16-35-24-10-6-4-8-19(24)2/h3-14,17,29H,15-16H2,1-2H3/b23-17-,29-25?. The minimum absolute atomic E-state index is 0.00904. The Morgan fingerprint density at radius 2 is 1.61 bits per heavy atom. The van der Waals surface area contributed by atoms with Crippen LogP contribution in [-0.4, -0.2) is 40.2 Å². The Kier molecular flexibility index (Phi) is 6.69. The largest absolute Gasteiger partial charge is 0.490 e. The van der Waals surface area contributed by atoms with Crippen LogP contribution in [0.15, 0.2) is 88.5 Å². The fourth-order valence-corrected chi connectivity index (χ4v) is 4.75. The molecule has 36 heavy (non-hydrogen) atoms. The number of thioether (sulfide) groups is 1. The number of amides is 1. The van der Waals surface area contributed by atoms with Crippen LogP contribution in [0.1, 0.15) is 22.3 Å². The molecule has 1 amide bonds. The van der Waals surface area contributed by atoms with E-state index in [1.165, 1.54) is 16.8 Å². The van der Waals surface area contributed by atoms with Crippen molar-refractivity contribution in [2.45, 2.75) is 13.8 Å². The molecule has 3 aromatic carbocycles. The minimum Gasteiger partial charge on any atom is -0.490 e. The maximum Gasteiger partial charge on any atom is 0.283 e. The fourth-order valence-electron chi connectivity index (χ4n) is 3.77. The van der Waals surface area contributed by atoms with E-state index in [0.717, 1.165) is 33.0 Å². The number of hydrazone groups is 1. The number of nitrogens with one attached hydrogen (secondary N) is 1. The average molecular weight is 497 g/mol. The van der Waals surface area contributed by atoms with Crippen LogP contribution in [0.5, 0.6) is 11.5 Å². The van der Waals surface area contributed by atoms with E-state index in [0.29, 0.717) is 24.1 Å². The molecule has 5 rings (SSSR count). The van der Waals surface area contributed by atoms with Crippen molar-refractivity contribution in [1.82, 2.24) is 5.01 Å². The average Bonchev–Trinajstić information content (AvgIpc) is 3.30. The smallest absolute Gasteiger partial charge is 0.283 e. The van der Waals surface area contributed by atoms with Crippen molar-refractivity contribution in [3.8, 4) is 11.5 Å². The number of benzene rings is 3. The lowest BCUT2D eigenvalue weighted by atomic mass is 10.1. The molecule has 180 valence electrons. The van der Waals surface area contributed by atoms with E-state index >= 15 is 0 Å². The van der Waals surface area contributed by atoms with Gasteiger partial charge in [0.15, 0.2) is 5.84 Å². The maximum absolute atomic E-state index is 12.7. The summed E-state index contributed by atoms with van der Waals surface area (Å²) in [6.07, 6.45) is 1.65. The quantitative estimate of drug-likeness (QED) is 0.348. The number of hydrogen-bond acceptors (Lipinski definition) is 6. The van der Waals surface area contributed by atoms with Crippen LogP contribution in [0.2, 0.25) is 0 Å². The first-order valence-electron chi connectivity index (χ1n) is 11.5. The summed E-state index contributed by atoms with van der Waals surface area (Å²) < 4.78 is 11.5. The van der Waals surface area contributed by atoms with Crippen LogP contribution in [0, 0.1) is 19.3 Å². The molecule has 0 radical (unpaired) electrons. The van der Waals surface area contributed by atoms with E-state index in [1.54, 1.807) is 6.08 Å². The third-order valence-corrected chi connectivity index (χ3v) is 6.67. The summed E-state index contributed by atoms with van der Waals surface area (Å²) in [7, 11) is 0. The molecule has 7 nitrogen and oxygen atoms in total. The number of amidine groups is 2. The van der Waals surface area contributed by atoms with Crippen LogP contribution in [-0.2, 0) is 4.79 Å². The molecule has 8 heteroatoms. The van der Waals surface area contributed by atoms with Crippen molar-refractivity contribution in [2.24, 2.45) is 10.1 Å². The first-order valence-corrected chi connectivity index (χ1v) is 12.3. The Morgan fingerprint density at radius 3 is 2.36 bits per heavy atom. The van der Waals surface area contributed by atoms with E-state index in [2.05, 4.69) is 10.1 Å². The van der Waals surface area contributed by atoms with Gasteiger partial charge in [-0.1, -0.05) is 54.6 Å². The van der Waals surface area contributed by atoms with Crippen molar-refractivity contribution in [2.75, 3.05) is 13.2 Å². The molecule has 0 aliphatic carbocycles. The van der Waals surface area contributed by atoms with Crippen molar-refractivity contribution < 1.29 is 14.3 Å². The molecule has 2 aliphatic heterocycles. The monoisotopic (exact) mass is 496 g/mol. The predicted molar refractivity (Wildman–Crippen MR) is 144 cm³/mol. The van der Waals surface area contributed by atoms with Crippen molar-refractivity contribution >= 4 is 39.8 Å². The summed E-state index contributed by atoms with van der Waals surface area (Å²) in [6.45, 7) is 4.85. The highest BCUT2D eigenvalue weighted by Gasteiger charge is 2.36. The highest BCUT2D eigenvalue weighted by Crippen LogP contribution is 2.32. The lowest BCUT2D eigenvalue weighted by molar-refractivity contribution is -0.114. The van der Waals surface area contributed by atoms with Gasteiger partial charge in [-0.3, -0.25) is 10.2 Å². The number of fused-ring (bicyclic) bond motifs is 1. The molecule has 0 aromatic heterocycles. The summed E-state index contributed by atoms with van der Waals surface area (Å²) >= 11 is 1.30. The number of nitrogens with zero attached hydrogens (tertiary/aromatic N) is 3. The third-order valence-electron chi connectivity index (χ3n) is 5.72. The molecule has 2 heterocycles. The fraction of sp³-hybridized carbons (Fsp3) is 0.143. The van der Waals surface area contributed by atoms with Gasteiger partial charge in [0.25, 0.3) is 5.91 Å². The van der Waals surface area contributed by atoms with Crippen LogP contribution >= 0.6 is 11.8 Å². The molecule has 0 saturated heterocycles. The lowest BCUT2D eigenvalue weighted by Gasteiger charge is -2.20. The Labute approximate surface area is 213 Å². The Balaban J connectivity index is 1.24. The van der Waals surface area contributed by atoms with Crippen molar-refractivity contribution in [1.29, 1.82) is 5.41 Å². The number of para-hydroxylation sites is 1. The number of hydrogen-bond donors (Lipinski definition) is 1. The number of aliphatic imine (C=N–C) groups is 1. The first kappa shape index (κ1) is 23.6. The van der Waals surface area contributed by atoms with E-state index in [1.807, 2.05) is 86.6 Å². The second-order valence-electron chi connectivity index (χ2n) is 8.27. The SMILES string of the molecule is Cc1ccccc1OCCOc1ccc(/C=C2/C(=N)N3N=C(c4ccccc4C)SC3=NC2=O)cc1. The van der Waals surface area contributed by atoms with Crippen LogP contribution < -0.4 is 9.47 Å². The van der Waals surface area contributed by atoms with Crippen molar-refractivity contribution in [3.63, 3.8) is 0 Å². The van der Waals surface area contributed by atoms with Crippen LogP contribution in [0.4, 0.5) is 0 Å². The van der Waals surface area contributed by atoms with E-state index < -0.39 is 5.91 Å². The van der Waals surface area contributed by atoms with Gasteiger partial charge in [0.1, 0.15) is 29.8 Å². The van der Waals surface area contributed by atoms with Gasteiger partial charge in [0, 0.05) is 5.56 Å². The highest BCUT2D eigenvalue weighted by atomic mass is 32.2. The number of rotatable bonds is 7. The molecule has 0 unspecified atom stereocenters.